The van der Waals surface area contributed by atoms with Crippen LogP contribution in [0.25, 0.3) is 0 Å². The molecule has 26 heavy (non-hydrogen) atoms. The molecule has 0 aromatic rings. The van der Waals surface area contributed by atoms with Gasteiger partial charge in [-0.05, 0) is 84.9 Å². The maximum absolute atomic E-state index is 14.0. The van der Waals surface area contributed by atoms with Gasteiger partial charge in [0.05, 0.1) is 7.11 Å². The maximum atomic E-state index is 14.0. The van der Waals surface area contributed by atoms with Crippen molar-refractivity contribution in [3.63, 3.8) is 0 Å². The van der Waals surface area contributed by atoms with Crippen LogP contribution in [0, 0.1) is 70.5 Å². The van der Waals surface area contributed by atoms with Crippen molar-refractivity contribution >= 4 is 43.6 Å². The van der Waals surface area contributed by atoms with Crippen molar-refractivity contribution in [2.24, 2.45) is 70.5 Å². The predicted octanol–water partition coefficient (Wildman–Crippen LogP) is 3.68. The first kappa shape index (κ1) is 16.0. The molecule has 14 atom stereocenters. The van der Waals surface area contributed by atoms with Gasteiger partial charge in [0, 0.05) is 15.6 Å². The van der Waals surface area contributed by atoms with Crippen LogP contribution in [-0.2, 0) is 14.3 Å². The molecule has 3 nitrogen and oxygen atoms in total. The van der Waals surface area contributed by atoms with Gasteiger partial charge in [0.2, 0.25) is 0 Å². The molecule has 8 bridgehead atoms. The van der Waals surface area contributed by atoms with E-state index in [0.717, 1.165) is 0 Å². The highest BCUT2D eigenvalue weighted by atomic mass is 79.9. The number of hydrogen-bond acceptors (Lipinski definition) is 3. The molecule has 140 valence electrons. The molecule has 8 rings (SSSR count). The lowest BCUT2D eigenvalue weighted by Gasteiger charge is -2.44. The third-order valence-corrected chi connectivity index (χ3v) is 12.6. The van der Waals surface area contributed by atoms with Crippen molar-refractivity contribution in [2.45, 2.75) is 35.3 Å². The molecule has 0 heterocycles. The van der Waals surface area contributed by atoms with Gasteiger partial charge in [-0.15, -0.1) is 0 Å². The van der Waals surface area contributed by atoms with E-state index in [1.807, 2.05) is 0 Å². The molecule has 0 aromatic carbocycles. The monoisotopic (exact) mass is 482 g/mol. The molecule has 0 N–H and O–H groups in total. The maximum Gasteiger partial charge on any atom is 0.319 e. The van der Waals surface area contributed by atoms with Crippen molar-refractivity contribution in [3.8, 4) is 0 Å². The SMILES string of the molecule is COC(=O)[C@@]12C(=O)[C@@H]3[C@H]4[C@H]([C@H]5[C@@H]3[C@H]3CC[C@H](Br)[C@@H]3[C@@H]51)[C@@H]2[C@@H]1CC[C@H](Br)[C@@H]14. The van der Waals surface area contributed by atoms with Gasteiger partial charge in [-0.25, -0.2) is 0 Å². The molecule has 0 aliphatic heterocycles. The van der Waals surface area contributed by atoms with E-state index in [4.69, 9.17) is 4.74 Å². The average Bonchev–Trinajstić information content (AvgIpc) is 3.37. The summed E-state index contributed by atoms with van der Waals surface area (Å²) in [6.07, 6.45) is 4.85. The lowest BCUT2D eigenvalue weighted by Crippen LogP contribution is -2.56. The number of fused-ring (bicyclic) bond motifs is 2. The number of hydrogen-bond donors (Lipinski definition) is 0. The van der Waals surface area contributed by atoms with Crippen LogP contribution in [0.1, 0.15) is 25.7 Å². The van der Waals surface area contributed by atoms with E-state index in [0.29, 0.717) is 62.8 Å². The Kier molecular flexibility index (Phi) is 2.84. The molecule has 5 heteroatoms. The third kappa shape index (κ3) is 1.28. The zero-order valence-electron chi connectivity index (χ0n) is 14.8. The highest BCUT2D eigenvalue weighted by Gasteiger charge is 2.90. The number of carbonyl (C=O) groups excluding carboxylic acids is 2. The summed E-state index contributed by atoms with van der Waals surface area (Å²) in [6, 6.07) is 0. The summed E-state index contributed by atoms with van der Waals surface area (Å²) in [5, 5.41) is 0. The fourth-order valence-corrected chi connectivity index (χ4v) is 12.7. The molecular formula is C21H24Br2O3. The van der Waals surface area contributed by atoms with Crippen molar-refractivity contribution in [1.29, 1.82) is 0 Å². The number of rotatable bonds is 1. The van der Waals surface area contributed by atoms with Crippen LogP contribution in [0.2, 0.25) is 0 Å². The number of methoxy groups -OCH3 is 1. The van der Waals surface area contributed by atoms with Gasteiger partial charge in [-0.3, -0.25) is 9.59 Å². The summed E-state index contributed by atoms with van der Waals surface area (Å²) in [5.41, 5.74) is -0.798. The number of ketones is 1. The van der Waals surface area contributed by atoms with E-state index >= 15 is 0 Å². The van der Waals surface area contributed by atoms with Gasteiger partial charge >= 0.3 is 5.97 Å². The zero-order valence-corrected chi connectivity index (χ0v) is 18.0. The van der Waals surface area contributed by atoms with Gasteiger partial charge in [-0.1, -0.05) is 31.9 Å². The lowest BCUT2D eigenvalue weighted by molar-refractivity contribution is -0.172. The quantitative estimate of drug-likeness (QED) is 0.324. The van der Waals surface area contributed by atoms with Crippen molar-refractivity contribution in [1.82, 2.24) is 0 Å². The van der Waals surface area contributed by atoms with E-state index in [-0.39, 0.29) is 23.7 Å². The molecule has 0 radical (unpaired) electrons. The standard InChI is InChI=1S/C21H24Br2O3/c1-26-20(25)21-17-7-3-5-8(22)10(7)13-15(17)14-12(16(13)19(21)24)6-2-4-9(23)11(6)18(14)21/h6-18H,2-5H2,1H3/t6-,7+,8-,9-,10+,11+,12-,13+,14+,15+,16-,17-,18-,21+/m0/s1. The molecule has 8 fully saturated rings. The van der Waals surface area contributed by atoms with E-state index < -0.39 is 5.41 Å². The number of ether oxygens (including phenoxy) is 1. The van der Waals surface area contributed by atoms with Crippen LogP contribution in [0.4, 0.5) is 0 Å². The Morgan fingerprint density at radius 2 is 1.54 bits per heavy atom. The highest BCUT2D eigenvalue weighted by molar-refractivity contribution is 9.09. The topological polar surface area (TPSA) is 43.4 Å². The average molecular weight is 484 g/mol. The second kappa shape index (κ2) is 4.63. The Morgan fingerprint density at radius 3 is 2.27 bits per heavy atom. The number of alkyl halides is 2. The summed E-state index contributed by atoms with van der Waals surface area (Å²) in [6.45, 7) is 0. The number of carbonyl (C=O) groups is 2. The Labute approximate surface area is 170 Å². The minimum absolute atomic E-state index is 0.151. The molecule has 8 saturated carbocycles. The van der Waals surface area contributed by atoms with E-state index in [1.165, 1.54) is 32.8 Å². The number of Topliss-reactive ketones (excluding diaryl/α,β-unsaturated/α-hetero) is 1. The normalized spacial score (nSPS) is 68.0. The molecule has 0 aromatic heterocycles. The minimum atomic E-state index is -0.798. The smallest absolute Gasteiger partial charge is 0.319 e. The van der Waals surface area contributed by atoms with Crippen LogP contribution in [0.3, 0.4) is 0 Å². The number of halogens is 2. The zero-order chi connectivity index (χ0) is 17.7. The van der Waals surface area contributed by atoms with Crippen molar-refractivity contribution in [2.75, 3.05) is 7.11 Å². The summed E-state index contributed by atoms with van der Waals surface area (Å²) < 4.78 is 5.42. The number of esters is 1. The fourth-order valence-electron chi connectivity index (χ4n) is 10.7. The second-order valence-corrected chi connectivity index (χ2v) is 12.6. The van der Waals surface area contributed by atoms with Crippen molar-refractivity contribution < 1.29 is 14.3 Å². The Bertz CT molecular complexity index is 754. The third-order valence-electron chi connectivity index (χ3n) is 10.5. The van der Waals surface area contributed by atoms with E-state index in [2.05, 4.69) is 31.9 Å². The van der Waals surface area contributed by atoms with Gasteiger partial charge < -0.3 is 4.74 Å². The highest BCUT2D eigenvalue weighted by Crippen LogP contribution is 2.87. The molecule has 0 unspecified atom stereocenters. The fraction of sp³-hybridized carbons (Fsp3) is 0.905. The molecular weight excluding hydrogens is 460 g/mol. The summed E-state index contributed by atoms with van der Waals surface area (Å²) >= 11 is 7.94. The van der Waals surface area contributed by atoms with Crippen molar-refractivity contribution in [3.05, 3.63) is 0 Å². The summed E-state index contributed by atoms with van der Waals surface area (Å²) in [5.74, 6) is 5.56. The molecule has 0 saturated heterocycles. The van der Waals surface area contributed by atoms with Gasteiger partial charge in [-0.2, -0.15) is 0 Å². The first-order valence-electron chi connectivity index (χ1n) is 10.5. The van der Waals surface area contributed by atoms with Gasteiger partial charge in [0.25, 0.3) is 0 Å². The Morgan fingerprint density at radius 1 is 0.885 bits per heavy atom. The van der Waals surface area contributed by atoms with Crippen LogP contribution < -0.4 is 0 Å². The van der Waals surface area contributed by atoms with Crippen LogP contribution in [-0.4, -0.2) is 28.5 Å². The minimum Gasteiger partial charge on any atom is -0.468 e. The molecule has 8 aliphatic rings. The molecule has 0 amide bonds. The van der Waals surface area contributed by atoms with Crippen LogP contribution >= 0.6 is 31.9 Å². The lowest BCUT2D eigenvalue weighted by atomic mass is 9.56. The molecule has 0 spiro atoms. The second-order valence-electron chi connectivity index (χ2n) is 10.3. The van der Waals surface area contributed by atoms with Gasteiger partial charge in [0.1, 0.15) is 5.41 Å². The van der Waals surface area contributed by atoms with E-state index in [1.54, 1.807) is 0 Å². The van der Waals surface area contributed by atoms with Gasteiger partial charge in [0.15, 0.2) is 5.78 Å². The largest absolute Gasteiger partial charge is 0.468 e. The predicted molar refractivity (Wildman–Crippen MR) is 102 cm³/mol. The summed E-state index contributed by atoms with van der Waals surface area (Å²) in [4.78, 5) is 28.4. The first-order valence-corrected chi connectivity index (χ1v) is 12.3. The first-order chi connectivity index (χ1) is 12.5. The Hall–Kier alpha value is 0.1000. The van der Waals surface area contributed by atoms with Crippen LogP contribution in [0.15, 0.2) is 0 Å². The van der Waals surface area contributed by atoms with E-state index in [9.17, 15) is 9.59 Å². The Balaban J connectivity index is 1.51. The summed E-state index contributed by atoms with van der Waals surface area (Å²) in [7, 11) is 1.51. The molecule has 8 aliphatic carbocycles. The van der Waals surface area contributed by atoms with Crippen LogP contribution in [0.5, 0.6) is 0 Å².